The number of hydrogen-bond donors (Lipinski definition) is 2. The summed E-state index contributed by atoms with van der Waals surface area (Å²) in [7, 11) is 0. The predicted octanol–water partition coefficient (Wildman–Crippen LogP) is 1.97. The van der Waals surface area contributed by atoms with Crippen LogP contribution in [0, 0.1) is 5.41 Å². The molecule has 1 heterocycles. The molecule has 110 valence electrons. The second-order valence-electron chi connectivity index (χ2n) is 6.19. The van der Waals surface area contributed by atoms with Gasteiger partial charge in [-0.3, -0.25) is 4.79 Å². The third-order valence-corrected chi connectivity index (χ3v) is 3.47. The Labute approximate surface area is 119 Å². The van der Waals surface area contributed by atoms with Gasteiger partial charge in [-0.05, 0) is 30.0 Å². The van der Waals surface area contributed by atoms with Crippen LogP contribution in [-0.2, 0) is 4.79 Å². The standard InChI is InChI=1S/C15H22N2O3/c1-9(17-14(18)13(16)15(2,3)4)10-5-6-11-12(7-10)20-8-19-11/h5-7,9,13H,8,16H2,1-4H3,(H,17,18). The molecule has 0 bridgehead atoms. The lowest BCUT2D eigenvalue weighted by molar-refractivity contribution is -0.125. The first-order valence-corrected chi connectivity index (χ1v) is 6.74. The molecular weight excluding hydrogens is 256 g/mol. The highest BCUT2D eigenvalue weighted by Gasteiger charge is 2.28. The van der Waals surface area contributed by atoms with Crippen molar-refractivity contribution in [2.75, 3.05) is 6.79 Å². The molecule has 3 N–H and O–H groups in total. The van der Waals surface area contributed by atoms with E-state index in [1.165, 1.54) is 0 Å². The van der Waals surface area contributed by atoms with Crippen LogP contribution in [0.5, 0.6) is 11.5 Å². The van der Waals surface area contributed by atoms with Crippen LogP contribution in [0.2, 0.25) is 0 Å². The molecule has 5 nitrogen and oxygen atoms in total. The topological polar surface area (TPSA) is 73.6 Å². The Morgan fingerprint density at radius 2 is 1.95 bits per heavy atom. The highest BCUT2D eigenvalue weighted by molar-refractivity contribution is 5.82. The average molecular weight is 278 g/mol. The fraction of sp³-hybridized carbons (Fsp3) is 0.533. The first-order chi connectivity index (χ1) is 9.29. The van der Waals surface area contributed by atoms with E-state index in [2.05, 4.69) is 5.32 Å². The lowest BCUT2D eigenvalue weighted by Gasteiger charge is -2.27. The third-order valence-electron chi connectivity index (χ3n) is 3.47. The fourth-order valence-corrected chi connectivity index (χ4v) is 1.96. The second-order valence-corrected chi connectivity index (χ2v) is 6.19. The maximum absolute atomic E-state index is 12.1. The summed E-state index contributed by atoms with van der Waals surface area (Å²) in [5, 5.41) is 2.93. The van der Waals surface area contributed by atoms with Crippen LogP contribution >= 0.6 is 0 Å². The van der Waals surface area contributed by atoms with E-state index in [0.717, 1.165) is 11.3 Å². The van der Waals surface area contributed by atoms with E-state index in [0.29, 0.717) is 5.75 Å². The van der Waals surface area contributed by atoms with Gasteiger partial charge in [0, 0.05) is 0 Å². The van der Waals surface area contributed by atoms with E-state index in [9.17, 15) is 4.79 Å². The molecular formula is C15H22N2O3. The van der Waals surface area contributed by atoms with Gasteiger partial charge in [0.2, 0.25) is 12.7 Å². The van der Waals surface area contributed by atoms with Gasteiger partial charge in [0.25, 0.3) is 0 Å². The Bertz CT molecular complexity index is 508. The summed E-state index contributed by atoms with van der Waals surface area (Å²) in [6, 6.07) is 4.98. The summed E-state index contributed by atoms with van der Waals surface area (Å²) >= 11 is 0. The zero-order valence-corrected chi connectivity index (χ0v) is 12.4. The van der Waals surface area contributed by atoms with Gasteiger partial charge in [-0.1, -0.05) is 26.8 Å². The molecule has 0 fully saturated rings. The number of carbonyl (C=O) groups excluding carboxylic acids is 1. The number of hydrogen-bond acceptors (Lipinski definition) is 4. The van der Waals surface area contributed by atoms with Crippen molar-refractivity contribution >= 4 is 5.91 Å². The smallest absolute Gasteiger partial charge is 0.237 e. The lowest BCUT2D eigenvalue weighted by Crippen LogP contribution is -2.49. The molecule has 0 radical (unpaired) electrons. The SMILES string of the molecule is CC(NC(=O)C(N)C(C)(C)C)c1ccc2c(c1)OCO2. The molecule has 5 heteroatoms. The van der Waals surface area contributed by atoms with Gasteiger partial charge < -0.3 is 20.5 Å². The number of fused-ring (bicyclic) bond motifs is 1. The van der Waals surface area contributed by atoms with Crippen LogP contribution in [0.1, 0.15) is 39.3 Å². The Morgan fingerprint density at radius 1 is 1.30 bits per heavy atom. The molecule has 0 saturated carbocycles. The van der Waals surface area contributed by atoms with E-state index in [1.54, 1.807) is 0 Å². The van der Waals surface area contributed by atoms with Crippen LogP contribution in [-0.4, -0.2) is 18.7 Å². The largest absolute Gasteiger partial charge is 0.454 e. The highest BCUT2D eigenvalue weighted by Crippen LogP contribution is 2.34. The summed E-state index contributed by atoms with van der Waals surface area (Å²) in [6.07, 6.45) is 0. The van der Waals surface area contributed by atoms with Crippen molar-refractivity contribution in [3.63, 3.8) is 0 Å². The average Bonchev–Trinajstić information content (AvgIpc) is 2.83. The van der Waals surface area contributed by atoms with Crippen molar-refractivity contribution in [3.8, 4) is 11.5 Å². The molecule has 20 heavy (non-hydrogen) atoms. The first kappa shape index (κ1) is 14.7. The number of amides is 1. The number of rotatable bonds is 3. The van der Waals surface area contributed by atoms with E-state index >= 15 is 0 Å². The molecule has 2 unspecified atom stereocenters. The van der Waals surface area contributed by atoms with Crippen LogP contribution in [0.25, 0.3) is 0 Å². The zero-order chi connectivity index (χ0) is 14.9. The number of carbonyl (C=O) groups is 1. The highest BCUT2D eigenvalue weighted by atomic mass is 16.7. The fourth-order valence-electron chi connectivity index (χ4n) is 1.96. The predicted molar refractivity (Wildman–Crippen MR) is 76.6 cm³/mol. The van der Waals surface area contributed by atoms with Crippen molar-refractivity contribution in [1.29, 1.82) is 0 Å². The Balaban J connectivity index is 2.05. The summed E-state index contributed by atoms with van der Waals surface area (Å²) in [5.41, 5.74) is 6.65. The molecule has 0 spiro atoms. The van der Waals surface area contributed by atoms with Gasteiger partial charge in [0.15, 0.2) is 11.5 Å². The van der Waals surface area contributed by atoms with E-state index in [4.69, 9.17) is 15.2 Å². The molecule has 0 aliphatic carbocycles. The zero-order valence-electron chi connectivity index (χ0n) is 12.4. The molecule has 2 rings (SSSR count). The maximum atomic E-state index is 12.1. The molecule has 2 atom stereocenters. The Kier molecular flexibility index (Phi) is 3.90. The van der Waals surface area contributed by atoms with Crippen molar-refractivity contribution in [3.05, 3.63) is 23.8 Å². The van der Waals surface area contributed by atoms with Crippen molar-refractivity contribution < 1.29 is 14.3 Å². The van der Waals surface area contributed by atoms with E-state index in [-0.39, 0.29) is 24.2 Å². The maximum Gasteiger partial charge on any atom is 0.237 e. The van der Waals surface area contributed by atoms with Gasteiger partial charge in [-0.2, -0.15) is 0 Å². The minimum Gasteiger partial charge on any atom is -0.454 e. The summed E-state index contributed by atoms with van der Waals surface area (Å²) < 4.78 is 10.6. The summed E-state index contributed by atoms with van der Waals surface area (Å²) in [4.78, 5) is 12.1. The molecule has 1 aromatic rings. The summed E-state index contributed by atoms with van der Waals surface area (Å²) in [5.74, 6) is 1.30. The molecule has 0 saturated heterocycles. The van der Waals surface area contributed by atoms with Gasteiger partial charge in [0.1, 0.15) is 0 Å². The third kappa shape index (κ3) is 3.04. The van der Waals surface area contributed by atoms with Gasteiger partial charge >= 0.3 is 0 Å². The van der Waals surface area contributed by atoms with Crippen LogP contribution < -0.4 is 20.5 Å². The molecule has 1 aromatic carbocycles. The number of nitrogens with two attached hydrogens (primary N) is 1. The quantitative estimate of drug-likeness (QED) is 0.886. The molecule has 1 aliphatic rings. The van der Waals surface area contributed by atoms with Gasteiger partial charge in [0.05, 0.1) is 12.1 Å². The van der Waals surface area contributed by atoms with Gasteiger partial charge in [-0.25, -0.2) is 0 Å². The van der Waals surface area contributed by atoms with E-state index < -0.39 is 6.04 Å². The van der Waals surface area contributed by atoms with Gasteiger partial charge in [-0.15, -0.1) is 0 Å². The molecule has 0 aromatic heterocycles. The Hall–Kier alpha value is -1.75. The monoisotopic (exact) mass is 278 g/mol. The van der Waals surface area contributed by atoms with Crippen molar-refractivity contribution in [2.24, 2.45) is 11.1 Å². The number of nitrogens with one attached hydrogen (secondary N) is 1. The minimum atomic E-state index is -0.543. The van der Waals surface area contributed by atoms with E-state index in [1.807, 2.05) is 45.9 Å². The van der Waals surface area contributed by atoms with Crippen LogP contribution in [0.15, 0.2) is 18.2 Å². The van der Waals surface area contributed by atoms with Crippen LogP contribution in [0.3, 0.4) is 0 Å². The number of ether oxygens (including phenoxy) is 2. The van der Waals surface area contributed by atoms with Crippen molar-refractivity contribution in [2.45, 2.75) is 39.8 Å². The molecule has 1 amide bonds. The minimum absolute atomic E-state index is 0.134. The van der Waals surface area contributed by atoms with Crippen molar-refractivity contribution in [1.82, 2.24) is 5.32 Å². The lowest BCUT2D eigenvalue weighted by atomic mass is 9.86. The number of benzene rings is 1. The van der Waals surface area contributed by atoms with Crippen LogP contribution in [0.4, 0.5) is 0 Å². The summed E-state index contributed by atoms with van der Waals surface area (Å²) in [6.45, 7) is 8.01. The normalized spacial score (nSPS) is 16.6. The molecule has 1 aliphatic heterocycles. The Morgan fingerprint density at radius 3 is 2.60 bits per heavy atom. The first-order valence-electron chi connectivity index (χ1n) is 6.74. The second kappa shape index (κ2) is 5.32.